The minimum absolute atomic E-state index is 0.0761. The molecule has 20 heavy (non-hydrogen) atoms. The number of benzene rings is 1. The van der Waals surface area contributed by atoms with Crippen LogP contribution < -0.4 is 10.5 Å². The van der Waals surface area contributed by atoms with Crippen LogP contribution in [0.5, 0.6) is 0 Å². The predicted molar refractivity (Wildman–Crippen MR) is 79.0 cm³/mol. The lowest BCUT2D eigenvalue weighted by atomic mass is 10.2. The first-order chi connectivity index (χ1) is 9.50. The van der Waals surface area contributed by atoms with Gasteiger partial charge in [-0.1, -0.05) is 23.7 Å². The van der Waals surface area contributed by atoms with Crippen molar-refractivity contribution in [3.63, 3.8) is 0 Å². The van der Waals surface area contributed by atoms with E-state index in [1.54, 1.807) is 24.5 Å². The second-order valence-electron chi connectivity index (χ2n) is 4.17. The second kappa shape index (κ2) is 6.21. The summed E-state index contributed by atoms with van der Waals surface area (Å²) in [7, 11) is -3.72. The van der Waals surface area contributed by atoms with Crippen LogP contribution in [0.15, 0.2) is 47.6 Å². The van der Waals surface area contributed by atoms with E-state index < -0.39 is 10.0 Å². The van der Waals surface area contributed by atoms with Crippen molar-refractivity contribution in [2.75, 3.05) is 12.3 Å². The summed E-state index contributed by atoms with van der Waals surface area (Å²) in [5.74, 6) is 0. The van der Waals surface area contributed by atoms with Gasteiger partial charge in [0, 0.05) is 18.9 Å². The van der Waals surface area contributed by atoms with Gasteiger partial charge >= 0.3 is 0 Å². The lowest BCUT2D eigenvalue weighted by Gasteiger charge is -2.10. The molecule has 0 aliphatic carbocycles. The number of sulfonamides is 1. The first-order valence-electron chi connectivity index (χ1n) is 5.93. The van der Waals surface area contributed by atoms with Crippen LogP contribution in [0.4, 0.5) is 5.69 Å². The molecule has 106 valence electrons. The molecule has 3 N–H and O–H groups in total. The third-order valence-corrected chi connectivity index (χ3v) is 4.70. The number of anilines is 1. The van der Waals surface area contributed by atoms with Crippen LogP contribution in [0.25, 0.3) is 0 Å². The van der Waals surface area contributed by atoms with Gasteiger partial charge in [-0.15, -0.1) is 0 Å². The topological polar surface area (TPSA) is 85.1 Å². The number of hydrogen-bond acceptors (Lipinski definition) is 4. The smallest absolute Gasteiger partial charge is 0.244 e. The summed E-state index contributed by atoms with van der Waals surface area (Å²) in [6.45, 7) is 0.249. The van der Waals surface area contributed by atoms with Crippen LogP contribution in [0.1, 0.15) is 5.56 Å². The Balaban J connectivity index is 2.09. The average molecular weight is 312 g/mol. The Morgan fingerprint density at radius 1 is 1.25 bits per heavy atom. The molecule has 0 radical (unpaired) electrons. The Hall–Kier alpha value is -1.63. The van der Waals surface area contributed by atoms with Crippen molar-refractivity contribution < 1.29 is 8.42 Å². The number of nitrogen functional groups attached to an aromatic ring is 1. The van der Waals surface area contributed by atoms with E-state index in [9.17, 15) is 8.42 Å². The van der Waals surface area contributed by atoms with E-state index in [1.807, 2.05) is 6.07 Å². The summed E-state index contributed by atoms with van der Waals surface area (Å²) < 4.78 is 26.8. The molecule has 0 bridgehead atoms. The van der Waals surface area contributed by atoms with Crippen LogP contribution >= 0.6 is 11.6 Å². The number of pyridine rings is 1. The molecule has 5 nitrogen and oxygen atoms in total. The summed E-state index contributed by atoms with van der Waals surface area (Å²) in [4.78, 5) is 3.89. The first kappa shape index (κ1) is 14.8. The fraction of sp³-hybridized carbons (Fsp3) is 0.154. The summed E-state index contributed by atoms with van der Waals surface area (Å²) >= 11 is 5.90. The number of rotatable bonds is 5. The summed E-state index contributed by atoms with van der Waals surface area (Å²) in [6, 6.07) is 8.28. The van der Waals surface area contributed by atoms with Gasteiger partial charge in [0.2, 0.25) is 10.0 Å². The van der Waals surface area contributed by atoms with Crippen LogP contribution in [0, 0.1) is 0 Å². The number of nitrogens with one attached hydrogen (secondary N) is 1. The molecular formula is C13H14ClN3O2S. The normalized spacial score (nSPS) is 11.4. The molecule has 0 amide bonds. The van der Waals surface area contributed by atoms with E-state index in [0.717, 1.165) is 5.56 Å². The van der Waals surface area contributed by atoms with E-state index >= 15 is 0 Å². The van der Waals surface area contributed by atoms with Crippen molar-refractivity contribution in [3.05, 3.63) is 53.3 Å². The quantitative estimate of drug-likeness (QED) is 0.825. The minimum atomic E-state index is -3.72. The summed E-state index contributed by atoms with van der Waals surface area (Å²) in [5, 5.41) is 0.110. The van der Waals surface area contributed by atoms with Gasteiger partial charge in [-0.25, -0.2) is 13.1 Å². The molecule has 0 spiro atoms. The van der Waals surface area contributed by atoms with Crippen molar-refractivity contribution in [3.8, 4) is 0 Å². The van der Waals surface area contributed by atoms with Crippen molar-refractivity contribution in [1.82, 2.24) is 9.71 Å². The van der Waals surface area contributed by atoms with Gasteiger partial charge in [0.25, 0.3) is 0 Å². The highest BCUT2D eigenvalue weighted by molar-refractivity contribution is 7.89. The van der Waals surface area contributed by atoms with Crippen molar-refractivity contribution >= 4 is 27.3 Å². The Bertz CT molecular complexity index is 670. The molecule has 2 rings (SSSR count). The van der Waals surface area contributed by atoms with Gasteiger partial charge in [-0.3, -0.25) is 4.98 Å². The molecule has 1 heterocycles. The van der Waals surface area contributed by atoms with E-state index in [2.05, 4.69) is 9.71 Å². The highest BCUT2D eigenvalue weighted by Crippen LogP contribution is 2.26. The molecule has 0 fully saturated rings. The van der Waals surface area contributed by atoms with E-state index in [-0.39, 0.29) is 22.2 Å². The van der Waals surface area contributed by atoms with Gasteiger partial charge in [-0.05, 0) is 30.2 Å². The van der Waals surface area contributed by atoms with Gasteiger partial charge in [0.1, 0.15) is 4.90 Å². The Morgan fingerprint density at radius 2 is 2.05 bits per heavy atom. The number of hydrogen-bond donors (Lipinski definition) is 2. The molecule has 7 heteroatoms. The van der Waals surface area contributed by atoms with Gasteiger partial charge in [-0.2, -0.15) is 0 Å². The third kappa shape index (κ3) is 3.47. The average Bonchev–Trinajstić information content (AvgIpc) is 2.39. The Morgan fingerprint density at radius 3 is 2.70 bits per heavy atom. The van der Waals surface area contributed by atoms with Crippen molar-refractivity contribution in [2.24, 2.45) is 0 Å². The number of aromatic nitrogens is 1. The largest absolute Gasteiger partial charge is 0.398 e. The predicted octanol–water partition coefficient (Wildman–Crippen LogP) is 1.84. The second-order valence-corrected chi connectivity index (χ2v) is 6.28. The van der Waals surface area contributed by atoms with Gasteiger partial charge in [0.15, 0.2) is 0 Å². The molecule has 0 saturated carbocycles. The Labute approximate surface area is 122 Å². The van der Waals surface area contributed by atoms with Gasteiger partial charge < -0.3 is 5.73 Å². The fourth-order valence-electron chi connectivity index (χ4n) is 1.76. The molecule has 1 aromatic carbocycles. The monoisotopic (exact) mass is 311 g/mol. The highest BCUT2D eigenvalue weighted by Gasteiger charge is 2.20. The maximum atomic E-state index is 12.2. The molecule has 0 atom stereocenters. The fourth-order valence-corrected chi connectivity index (χ4v) is 3.46. The van der Waals surface area contributed by atoms with E-state index in [0.29, 0.717) is 6.42 Å². The van der Waals surface area contributed by atoms with Crippen LogP contribution in [-0.2, 0) is 16.4 Å². The number of nitrogens with zero attached hydrogens (tertiary/aromatic N) is 1. The Kier molecular flexibility index (Phi) is 4.59. The molecule has 0 unspecified atom stereocenters. The first-order valence-corrected chi connectivity index (χ1v) is 7.79. The number of nitrogens with two attached hydrogens (primary N) is 1. The lowest BCUT2D eigenvalue weighted by molar-refractivity contribution is 0.582. The lowest BCUT2D eigenvalue weighted by Crippen LogP contribution is -2.27. The number of halogens is 1. The zero-order valence-corrected chi connectivity index (χ0v) is 12.2. The van der Waals surface area contributed by atoms with Crippen LogP contribution in [0.3, 0.4) is 0 Å². The molecule has 0 saturated heterocycles. The van der Waals surface area contributed by atoms with E-state index in [1.165, 1.54) is 12.1 Å². The summed E-state index contributed by atoms with van der Waals surface area (Å²) in [6.07, 6.45) is 3.90. The summed E-state index contributed by atoms with van der Waals surface area (Å²) in [5.41, 5.74) is 6.75. The van der Waals surface area contributed by atoms with Gasteiger partial charge in [0.05, 0.1) is 10.7 Å². The SMILES string of the molecule is Nc1cccc(Cl)c1S(=O)(=O)NCCc1cccnc1. The molecule has 2 aromatic rings. The van der Waals surface area contributed by atoms with Crippen molar-refractivity contribution in [1.29, 1.82) is 0 Å². The van der Waals surface area contributed by atoms with Crippen LogP contribution in [-0.4, -0.2) is 19.9 Å². The van der Waals surface area contributed by atoms with Crippen molar-refractivity contribution in [2.45, 2.75) is 11.3 Å². The minimum Gasteiger partial charge on any atom is -0.398 e. The maximum absolute atomic E-state index is 12.2. The standard InChI is InChI=1S/C13H14ClN3O2S/c14-11-4-1-5-12(15)13(11)20(18,19)17-8-6-10-3-2-7-16-9-10/h1-5,7,9,17H,6,8,15H2. The van der Waals surface area contributed by atoms with Crippen LogP contribution in [0.2, 0.25) is 5.02 Å². The third-order valence-electron chi connectivity index (χ3n) is 2.69. The zero-order chi connectivity index (χ0) is 14.6. The molecule has 1 aromatic heterocycles. The molecule has 0 aliphatic rings. The molecule has 0 aliphatic heterocycles. The van der Waals surface area contributed by atoms with E-state index in [4.69, 9.17) is 17.3 Å². The zero-order valence-electron chi connectivity index (χ0n) is 10.6. The highest BCUT2D eigenvalue weighted by atomic mass is 35.5. The maximum Gasteiger partial charge on any atom is 0.244 e. The molecular weight excluding hydrogens is 298 g/mol.